The molecule has 0 bridgehead atoms. The molecule has 2 heterocycles. The van der Waals surface area contributed by atoms with Gasteiger partial charge in [0.1, 0.15) is 6.04 Å². The average Bonchev–Trinajstić information content (AvgIpc) is 3.09. The monoisotopic (exact) mass is 422 g/mol. The number of aromatic nitrogens is 1. The number of nitrogens with two attached hydrogens (primary N) is 1. The third kappa shape index (κ3) is 4.54. The summed E-state index contributed by atoms with van der Waals surface area (Å²) in [6.07, 6.45) is 1.55. The fourth-order valence-electron chi connectivity index (χ4n) is 4.10. The zero-order chi connectivity index (χ0) is 22.0. The topological polar surface area (TPSA) is 111 Å². The molecule has 1 aromatic heterocycles. The van der Waals surface area contributed by atoms with Crippen molar-refractivity contribution in [2.45, 2.75) is 32.4 Å². The maximum absolute atomic E-state index is 12.8. The van der Waals surface area contributed by atoms with Crippen LogP contribution in [-0.2, 0) is 16.1 Å². The number of carbonyl (C=O) groups is 2. The van der Waals surface area contributed by atoms with Crippen LogP contribution in [0, 0.1) is 5.92 Å². The molecule has 4 rings (SSSR count). The highest BCUT2D eigenvalue weighted by atomic mass is 16.4. The van der Waals surface area contributed by atoms with E-state index in [9.17, 15) is 14.4 Å². The van der Waals surface area contributed by atoms with Gasteiger partial charge in [0, 0.05) is 18.2 Å². The van der Waals surface area contributed by atoms with Crippen molar-refractivity contribution in [2.24, 2.45) is 11.7 Å². The lowest BCUT2D eigenvalue weighted by atomic mass is 9.96. The van der Waals surface area contributed by atoms with E-state index in [0.29, 0.717) is 16.8 Å². The maximum Gasteiger partial charge on any atom is 0.420 e. The van der Waals surface area contributed by atoms with E-state index >= 15 is 0 Å². The molecule has 8 heteroatoms. The molecule has 8 nitrogen and oxygen atoms in total. The molecule has 2 aromatic carbocycles. The Bertz CT molecular complexity index is 1160. The number of carbonyl (C=O) groups excluding carboxylic acids is 2. The predicted octanol–water partition coefficient (Wildman–Crippen LogP) is 2.49. The van der Waals surface area contributed by atoms with Gasteiger partial charge in [-0.05, 0) is 62.7 Å². The highest BCUT2D eigenvalue weighted by molar-refractivity contribution is 5.94. The summed E-state index contributed by atoms with van der Waals surface area (Å²) < 4.78 is 6.60. The van der Waals surface area contributed by atoms with Gasteiger partial charge in [-0.15, -0.1) is 0 Å². The first-order valence-corrected chi connectivity index (χ1v) is 10.4. The number of oxazole rings is 1. The molecule has 1 atom stereocenters. The number of fused-ring (bicyclic) bond motifs is 1. The standard InChI is InChI=1S/C23H26N4O4/c1-15(27-19-7-2-3-8-20(19)31-23(27)30)22(29)25-18-6-4-5-16(13-18)14-26-11-9-17(10-12-26)21(24)28/h2-8,13,15,17H,9-12,14H2,1H3,(H2,24,28)(H,25,29). The van der Waals surface area contributed by atoms with Crippen LogP contribution in [0.4, 0.5) is 5.69 Å². The quantitative estimate of drug-likeness (QED) is 0.634. The zero-order valence-corrected chi connectivity index (χ0v) is 17.4. The van der Waals surface area contributed by atoms with Gasteiger partial charge in [0.2, 0.25) is 11.8 Å². The van der Waals surface area contributed by atoms with Gasteiger partial charge >= 0.3 is 5.76 Å². The summed E-state index contributed by atoms with van der Waals surface area (Å²) >= 11 is 0. The first-order valence-electron chi connectivity index (χ1n) is 10.4. The van der Waals surface area contributed by atoms with Crippen molar-refractivity contribution in [2.75, 3.05) is 18.4 Å². The van der Waals surface area contributed by atoms with E-state index in [-0.39, 0.29) is 17.7 Å². The van der Waals surface area contributed by atoms with E-state index in [1.54, 1.807) is 31.2 Å². The number of primary amides is 1. The van der Waals surface area contributed by atoms with Crippen molar-refractivity contribution >= 4 is 28.6 Å². The lowest BCUT2D eigenvalue weighted by Gasteiger charge is -2.30. The van der Waals surface area contributed by atoms with Crippen LogP contribution >= 0.6 is 0 Å². The number of anilines is 1. The first-order chi connectivity index (χ1) is 14.9. The Morgan fingerprint density at radius 2 is 1.90 bits per heavy atom. The summed E-state index contributed by atoms with van der Waals surface area (Å²) in [6, 6.07) is 14.0. The van der Waals surface area contributed by atoms with Crippen LogP contribution in [0.2, 0.25) is 0 Å². The third-order valence-corrected chi connectivity index (χ3v) is 5.88. The number of piperidine rings is 1. The highest BCUT2D eigenvalue weighted by Crippen LogP contribution is 2.21. The molecule has 162 valence electrons. The Hall–Kier alpha value is -3.39. The Kier molecular flexibility index (Phi) is 5.90. The molecule has 3 aromatic rings. The zero-order valence-electron chi connectivity index (χ0n) is 17.4. The fourth-order valence-corrected chi connectivity index (χ4v) is 4.10. The van der Waals surface area contributed by atoms with E-state index in [2.05, 4.69) is 10.2 Å². The van der Waals surface area contributed by atoms with Crippen LogP contribution in [0.15, 0.2) is 57.7 Å². The number of amides is 2. The summed E-state index contributed by atoms with van der Waals surface area (Å²) in [5.74, 6) is -1.11. The molecule has 0 saturated carbocycles. The van der Waals surface area contributed by atoms with Gasteiger partial charge in [-0.2, -0.15) is 0 Å². The number of likely N-dealkylation sites (tertiary alicyclic amines) is 1. The molecule has 1 fully saturated rings. The van der Waals surface area contributed by atoms with Gasteiger partial charge < -0.3 is 15.5 Å². The normalized spacial score (nSPS) is 16.3. The number of para-hydroxylation sites is 2. The van der Waals surface area contributed by atoms with Crippen LogP contribution in [-0.4, -0.2) is 34.4 Å². The molecule has 0 radical (unpaired) electrons. The highest BCUT2D eigenvalue weighted by Gasteiger charge is 2.24. The summed E-state index contributed by atoms with van der Waals surface area (Å²) in [7, 11) is 0. The van der Waals surface area contributed by atoms with E-state index in [1.807, 2.05) is 24.3 Å². The number of nitrogens with one attached hydrogen (secondary N) is 1. The molecule has 1 unspecified atom stereocenters. The van der Waals surface area contributed by atoms with Crippen molar-refractivity contribution in [3.05, 3.63) is 64.6 Å². The molecule has 31 heavy (non-hydrogen) atoms. The summed E-state index contributed by atoms with van der Waals surface area (Å²) in [5, 5.41) is 2.90. The van der Waals surface area contributed by atoms with Gasteiger partial charge in [-0.3, -0.25) is 19.1 Å². The average molecular weight is 422 g/mol. The number of rotatable bonds is 6. The van der Waals surface area contributed by atoms with Crippen molar-refractivity contribution in [1.29, 1.82) is 0 Å². The molecule has 1 saturated heterocycles. The number of benzene rings is 2. The van der Waals surface area contributed by atoms with Crippen LogP contribution in [0.25, 0.3) is 11.1 Å². The minimum Gasteiger partial charge on any atom is -0.408 e. The molecular weight excluding hydrogens is 396 g/mol. The Labute approximate surface area is 179 Å². The van der Waals surface area contributed by atoms with Crippen LogP contribution in [0.5, 0.6) is 0 Å². The molecule has 0 aliphatic carbocycles. The van der Waals surface area contributed by atoms with Gasteiger partial charge in [0.15, 0.2) is 5.58 Å². The predicted molar refractivity (Wildman–Crippen MR) is 117 cm³/mol. The van der Waals surface area contributed by atoms with Crippen molar-refractivity contribution in [3.8, 4) is 0 Å². The maximum atomic E-state index is 12.8. The van der Waals surface area contributed by atoms with Crippen molar-refractivity contribution in [3.63, 3.8) is 0 Å². The molecule has 2 amide bonds. The minimum absolute atomic E-state index is 0.0363. The molecule has 3 N–H and O–H groups in total. The molecule has 1 aliphatic heterocycles. The molecule has 0 spiro atoms. The van der Waals surface area contributed by atoms with E-state index in [1.165, 1.54) is 4.57 Å². The van der Waals surface area contributed by atoms with E-state index in [4.69, 9.17) is 10.2 Å². The summed E-state index contributed by atoms with van der Waals surface area (Å²) in [5.41, 5.74) is 8.18. The van der Waals surface area contributed by atoms with Crippen LogP contribution in [0.3, 0.4) is 0 Å². The number of hydrogen-bond acceptors (Lipinski definition) is 5. The van der Waals surface area contributed by atoms with Crippen molar-refractivity contribution < 1.29 is 14.0 Å². The Balaban J connectivity index is 1.43. The largest absolute Gasteiger partial charge is 0.420 e. The van der Waals surface area contributed by atoms with Crippen LogP contribution < -0.4 is 16.8 Å². The van der Waals surface area contributed by atoms with Crippen LogP contribution in [0.1, 0.15) is 31.4 Å². The third-order valence-electron chi connectivity index (χ3n) is 5.88. The second-order valence-corrected chi connectivity index (χ2v) is 8.02. The first kappa shape index (κ1) is 20.9. The number of hydrogen-bond donors (Lipinski definition) is 2. The van der Waals surface area contributed by atoms with Gasteiger partial charge in [0.25, 0.3) is 0 Å². The smallest absolute Gasteiger partial charge is 0.408 e. The second kappa shape index (κ2) is 8.77. The lowest BCUT2D eigenvalue weighted by molar-refractivity contribution is -0.123. The van der Waals surface area contributed by atoms with E-state index in [0.717, 1.165) is 38.0 Å². The Morgan fingerprint density at radius 3 is 2.65 bits per heavy atom. The fraction of sp³-hybridized carbons (Fsp3) is 0.348. The second-order valence-electron chi connectivity index (χ2n) is 8.02. The van der Waals surface area contributed by atoms with Gasteiger partial charge in [-0.25, -0.2) is 4.79 Å². The van der Waals surface area contributed by atoms with Crippen molar-refractivity contribution in [1.82, 2.24) is 9.47 Å². The summed E-state index contributed by atoms with van der Waals surface area (Å²) in [4.78, 5) is 38.7. The lowest BCUT2D eigenvalue weighted by Crippen LogP contribution is -2.38. The SMILES string of the molecule is CC(C(=O)Nc1cccc(CN2CCC(C(N)=O)CC2)c1)n1c(=O)oc2ccccc21. The number of nitrogens with zero attached hydrogens (tertiary/aromatic N) is 2. The molecular formula is C23H26N4O4. The Morgan fingerprint density at radius 1 is 1.16 bits per heavy atom. The van der Waals surface area contributed by atoms with Gasteiger partial charge in [0.05, 0.1) is 5.52 Å². The minimum atomic E-state index is -0.729. The van der Waals surface area contributed by atoms with Gasteiger partial charge in [-0.1, -0.05) is 24.3 Å². The molecule has 1 aliphatic rings. The summed E-state index contributed by atoms with van der Waals surface area (Å²) in [6.45, 7) is 4.04. The van der Waals surface area contributed by atoms with E-state index < -0.39 is 11.8 Å².